The minimum absolute atomic E-state index is 0.222. The number of nitrogens with zero attached hydrogens (tertiary/aromatic N) is 2. The molecule has 1 atom stereocenters. The summed E-state index contributed by atoms with van der Waals surface area (Å²) in [5, 5.41) is 7.43. The Hall–Kier alpha value is -2.01. The number of aromatic nitrogens is 2. The lowest BCUT2D eigenvalue weighted by Gasteiger charge is -2.05. The van der Waals surface area contributed by atoms with E-state index in [1.165, 1.54) is 0 Å². The number of unbranched alkanes of at least 4 members (excludes halogenated alkanes) is 1. The summed E-state index contributed by atoms with van der Waals surface area (Å²) in [6, 6.07) is 5.97. The number of pyridine rings is 1. The third kappa shape index (κ3) is 2.74. The van der Waals surface area contributed by atoms with Crippen LogP contribution in [-0.2, 0) is 4.79 Å². The number of hydrogen-bond donors (Lipinski definition) is 1. The van der Waals surface area contributed by atoms with E-state index in [1.54, 1.807) is 11.8 Å². The first kappa shape index (κ1) is 13.9. The lowest BCUT2D eigenvalue weighted by atomic mass is 10.1. The van der Waals surface area contributed by atoms with Crippen molar-refractivity contribution in [1.29, 1.82) is 0 Å². The monoisotopic (exact) mass is 299 g/mol. The summed E-state index contributed by atoms with van der Waals surface area (Å²) in [6.45, 7) is 2.15. The van der Waals surface area contributed by atoms with Gasteiger partial charge in [-0.05, 0) is 18.6 Å². The van der Waals surface area contributed by atoms with E-state index in [2.05, 4.69) is 29.5 Å². The lowest BCUT2D eigenvalue weighted by Crippen LogP contribution is -2.20. The molecule has 1 aliphatic rings. The van der Waals surface area contributed by atoms with Crippen LogP contribution < -0.4 is 5.32 Å². The smallest absolute Gasteiger partial charge is 0.152 e. The number of allylic oxidation sites excluding steroid dienone is 2. The highest BCUT2D eigenvalue weighted by Crippen LogP contribution is 2.36. The molecule has 0 aliphatic carbocycles. The molecule has 4 nitrogen and oxygen atoms in total. The van der Waals surface area contributed by atoms with E-state index in [1.807, 2.05) is 35.1 Å². The molecule has 3 heterocycles. The molecule has 0 saturated carbocycles. The predicted molar refractivity (Wildman–Crippen MR) is 86.7 cm³/mol. The second kappa shape index (κ2) is 6.18. The van der Waals surface area contributed by atoms with Gasteiger partial charge in [-0.15, -0.1) is 0 Å². The Morgan fingerprint density at radius 1 is 1.48 bits per heavy atom. The first-order valence-electron chi connectivity index (χ1n) is 7.05. The van der Waals surface area contributed by atoms with Crippen molar-refractivity contribution in [2.24, 2.45) is 0 Å². The highest BCUT2D eigenvalue weighted by Gasteiger charge is 2.25. The largest absolute Gasteiger partial charge is 0.366 e. The van der Waals surface area contributed by atoms with E-state index in [4.69, 9.17) is 0 Å². The second-order valence-corrected chi connectivity index (χ2v) is 6.02. The van der Waals surface area contributed by atoms with E-state index in [9.17, 15) is 4.79 Å². The maximum absolute atomic E-state index is 11.1. The average Bonchev–Trinajstić information content (AvgIpc) is 3.11. The Balaban J connectivity index is 2.03. The third-order valence-electron chi connectivity index (χ3n) is 3.33. The number of carbonyl (C=O) groups excluding carboxylic acids is 1. The van der Waals surface area contributed by atoms with Gasteiger partial charge in [0.15, 0.2) is 6.29 Å². The van der Waals surface area contributed by atoms with Gasteiger partial charge in [0.25, 0.3) is 0 Å². The second-order valence-electron chi connectivity index (χ2n) is 4.84. The fourth-order valence-corrected chi connectivity index (χ4v) is 3.29. The van der Waals surface area contributed by atoms with Crippen molar-refractivity contribution in [2.45, 2.75) is 25.1 Å². The third-order valence-corrected chi connectivity index (χ3v) is 4.41. The van der Waals surface area contributed by atoms with Crippen molar-refractivity contribution in [3.63, 3.8) is 0 Å². The number of nitrogens with one attached hydrogen (secondary N) is 1. The van der Waals surface area contributed by atoms with E-state index >= 15 is 0 Å². The molecule has 1 unspecified atom stereocenters. The molecule has 2 aromatic heterocycles. The van der Waals surface area contributed by atoms with Gasteiger partial charge in [0.1, 0.15) is 5.37 Å². The summed E-state index contributed by atoms with van der Waals surface area (Å²) < 4.78 is 1.84. The fourth-order valence-electron chi connectivity index (χ4n) is 2.32. The van der Waals surface area contributed by atoms with Gasteiger partial charge in [0.2, 0.25) is 0 Å². The van der Waals surface area contributed by atoms with Crippen LogP contribution >= 0.6 is 11.8 Å². The summed E-state index contributed by atoms with van der Waals surface area (Å²) in [5.41, 5.74) is 3.06. The van der Waals surface area contributed by atoms with E-state index in [0.29, 0.717) is 0 Å². The van der Waals surface area contributed by atoms with Crippen LogP contribution in [0.1, 0.15) is 25.3 Å². The first-order chi connectivity index (χ1) is 10.3. The molecule has 108 valence electrons. The minimum atomic E-state index is -0.222. The lowest BCUT2D eigenvalue weighted by molar-refractivity contribution is -0.107. The molecule has 0 aromatic carbocycles. The van der Waals surface area contributed by atoms with Crippen molar-refractivity contribution in [2.75, 3.05) is 0 Å². The van der Waals surface area contributed by atoms with Gasteiger partial charge in [0.05, 0.1) is 17.4 Å². The molecule has 1 aliphatic heterocycles. The average molecular weight is 299 g/mol. The van der Waals surface area contributed by atoms with E-state index < -0.39 is 0 Å². The number of fused-ring (bicyclic) bond motifs is 1. The van der Waals surface area contributed by atoms with Gasteiger partial charge < -0.3 is 10.1 Å². The van der Waals surface area contributed by atoms with Crippen LogP contribution in [0.4, 0.5) is 0 Å². The summed E-state index contributed by atoms with van der Waals surface area (Å²) in [7, 11) is 0. The SMILES string of the molecule is CCC/C=C/C1=C(c2cnn3ccccc23)NC(C=O)S1. The summed E-state index contributed by atoms with van der Waals surface area (Å²) in [5.74, 6) is 0. The highest BCUT2D eigenvalue weighted by atomic mass is 32.2. The van der Waals surface area contributed by atoms with Gasteiger partial charge in [-0.3, -0.25) is 0 Å². The zero-order valence-electron chi connectivity index (χ0n) is 11.8. The molecule has 0 radical (unpaired) electrons. The molecule has 2 aromatic rings. The number of aldehydes is 1. The van der Waals surface area contributed by atoms with Crippen LogP contribution in [0.15, 0.2) is 47.6 Å². The first-order valence-corrected chi connectivity index (χ1v) is 7.93. The number of thioether (sulfide) groups is 1. The minimum Gasteiger partial charge on any atom is -0.366 e. The molecule has 0 bridgehead atoms. The zero-order chi connectivity index (χ0) is 14.7. The molecule has 3 rings (SSSR count). The van der Waals surface area contributed by atoms with E-state index in [0.717, 1.165) is 40.8 Å². The van der Waals surface area contributed by atoms with Gasteiger partial charge in [-0.2, -0.15) is 5.10 Å². The predicted octanol–water partition coefficient (Wildman–Crippen LogP) is 3.22. The van der Waals surface area contributed by atoms with Gasteiger partial charge in [-0.1, -0.05) is 43.3 Å². The van der Waals surface area contributed by atoms with Crippen LogP contribution in [0, 0.1) is 0 Å². The molecule has 0 amide bonds. The van der Waals surface area contributed by atoms with Gasteiger partial charge in [-0.25, -0.2) is 4.52 Å². The molecule has 1 N–H and O–H groups in total. The van der Waals surface area contributed by atoms with E-state index in [-0.39, 0.29) is 5.37 Å². The van der Waals surface area contributed by atoms with Crippen LogP contribution in [0.25, 0.3) is 11.2 Å². The van der Waals surface area contributed by atoms with Gasteiger partial charge >= 0.3 is 0 Å². The molecule has 0 spiro atoms. The Morgan fingerprint density at radius 2 is 2.38 bits per heavy atom. The molecule has 0 fully saturated rings. The number of hydrogen-bond acceptors (Lipinski definition) is 4. The molecular weight excluding hydrogens is 282 g/mol. The zero-order valence-corrected chi connectivity index (χ0v) is 12.6. The molecular formula is C16H17N3OS. The fraction of sp³-hybridized carbons (Fsp3) is 0.250. The van der Waals surface area contributed by atoms with Crippen molar-refractivity contribution in [3.8, 4) is 0 Å². The molecule has 0 saturated heterocycles. The topological polar surface area (TPSA) is 46.4 Å². The van der Waals surface area contributed by atoms with Gasteiger partial charge in [0, 0.05) is 16.7 Å². The van der Waals surface area contributed by atoms with Crippen LogP contribution in [0.3, 0.4) is 0 Å². The maximum atomic E-state index is 11.1. The quantitative estimate of drug-likeness (QED) is 0.861. The summed E-state index contributed by atoms with van der Waals surface area (Å²) >= 11 is 1.55. The standard InChI is InChI=1S/C16H17N3OS/c1-2-3-4-8-14-16(18-15(11-20)21-14)12-10-17-19-9-6-5-7-13(12)19/h4-11,15,18H,2-3H2,1H3/b8-4+. The van der Waals surface area contributed by atoms with Crippen LogP contribution in [0.5, 0.6) is 0 Å². The van der Waals surface area contributed by atoms with Crippen LogP contribution in [-0.4, -0.2) is 21.3 Å². The maximum Gasteiger partial charge on any atom is 0.152 e. The van der Waals surface area contributed by atoms with Crippen molar-refractivity contribution in [3.05, 3.63) is 53.2 Å². The Bertz CT molecular complexity index is 717. The Labute approximate surface area is 127 Å². The summed E-state index contributed by atoms with van der Waals surface area (Å²) in [4.78, 5) is 12.2. The summed E-state index contributed by atoms with van der Waals surface area (Å²) in [6.07, 6.45) is 11.1. The molecule has 5 heteroatoms. The normalized spacial score (nSPS) is 18.6. The van der Waals surface area contributed by atoms with Crippen molar-refractivity contribution >= 4 is 29.3 Å². The number of rotatable bonds is 5. The van der Waals surface area contributed by atoms with Crippen molar-refractivity contribution < 1.29 is 4.79 Å². The Kier molecular flexibility index (Phi) is 4.10. The molecule has 21 heavy (non-hydrogen) atoms. The number of carbonyl (C=O) groups is 1. The van der Waals surface area contributed by atoms with Crippen molar-refractivity contribution in [1.82, 2.24) is 14.9 Å². The highest BCUT2D eigenvalue weighted by molar-refractivity contribution is 8.04. The van der Waals surface area contributed by atoms with Crippen LogP contribution in [0.2, 0.25) is 0 Å². The Morgan fingerprint density at radius 3 is 3.19 bits per heavy atom.